The van der Waals surface area contributed by atoms with Crippen molar-refractivity contribution < 1.29 is 14.3 Å². The molecule has 2 aliphatic heterocycles. The number of nitrogens with two attached hydrogens (primary N) is 1. The lowest BCUT2D eigenvalue weighted by atomic mass is 9.99. The van der Waals surface area contributed by atoms with Crippen LogP contribution in [0.1, 0.15) is 6.42 Å². The lowest BCUT2D eigenvalue weighted by molar-refractivity contribution is -0.149. The van der Waals surface area contributed by atoms with Crippen molar-refractivity contribution in [2.75, 3.05) is 39.9 Å². The number of hydrogen-bond acceptors (Lipinski definition) is 4. The molecule has 6 heteroatoms. The molecular formula is C11H19N3O3. The predicted molar refractivity (Wildman–Crippen MR) is 61.1 cm³/mol. The maximum absolute atomic E-state index is 11.7. The van der Waals surface area contributed by atoms with Gasteiger partial charge in [0, 0.05) is 32.2 Å². The average Bonchev–Trinajstić information content (AvgIpc) is 2.79. The van der Waals surface area contributed by atoms with E-state index in [-0.39, 0.29) is 30.9 Å². The molecule has 0 radical (unpaired) electrons. The molecule has 2 atom stereocenters. The number of piperazine rings is 1. The van der Waals surface area contributed by atoms with Crippen LogP contribution in [0.15, 0.2) is 0 Å². The van der Waals surface area contributed by atoms with Crippen LogP contribution in [0.4, 0.5) is 0 Å². The molecule has 2 N–H and O–H groups in total. The number of carbonyl (C=O) groups excluding carboxylic acids is 2. The van der Waals surface area contributed by atoms with E-state index in [0.717, 1.165) is 13.0 Å². The molecule has 2 fully saturated rings. The minimum atomic E-state index is -0.0994. The largest absolute Gasteiger partial charge is 0.381 e. The summed E-state index contributed by atoms with van der Waals surface area (Å²) in [5, 5.41) is 0. The zero-order valence-corrected chi connectivity index (χ0v) is 10.1. The van der Waals surface area contributed by atoms with Crippen LogP contribution in [0.5, 0.6) is 0 Å². The van der Waals surface area contributed by atoms with E-state index >= 15 is 0 Å². The van der Waals surface area contributed by atoms with Crippen molar-refractivity contribution in [1.29, 1.82) is 0 Å². The third kappa shape index (κ3) is 2.76. The van der Waals surface area contributed by atoms with Crippen molar-refractivity contribution in [2.24, 2.45) is 11.7 Å². The van der Waals surface area contributed by atoms with Crippen molar-refractivity contribution in [2.45, 2.75) is 12.5 Å². The number of rotatable bonds is 3. The van der Waals surface area contributed by atoms with Gasteiger partial charge in [-0.2, -0.15) is 0 Å². The van der Waals surface area contributed by atoms with Crippen LogP contribution >= 0.6 is 0 Å². The number of likely N-dealkylation sites (N-methyl/N-ethyl adjacent to an activating group) is 1. The zero-order chi connectivity index (χ0) is 12.4. The van der Waals surface area contributed by atoms with Crippen LogP contribution < -0.4 is 5.73 Å². The van der Waals surface area contributed by atoms with Crippen molar-refractivity contribution in [3.63, 3.8) is 0 Å². The highest BCUT2D eigenvalue weighted by atomic mass is 16.5. The summed E-state index contributed by atoms with van der Waals surface area (Å²) in [4.78, 5) is 26.3. The van der Waals surface area contributed by atoms with E-state index in [4.69, 9.17) is 10.5 Å². The van der Waals surface area contributed by atoms with Crippen LogP contribution in [0, 0.1) is 5.92 Å². The van der Waals surface area contributed by atoms with E-state index in [1.54, 1.807) is 11.9 Å². The third-order valence-electron chi connectivity index (χ3n) is 3.48. The van der Waals surface area contributed by atoms with E-state index < -0.39 is 0 Å². The van der Waals surface area contributed by atoms with Crippen molar-refractivity contribution in [3.05, 3.63) is 0 Å². The van der Waals surface area contributed by atoms with Crippen LogP contribution in [0.2, 0.25) is 0 Å². The summed E-state index contributed by atoms with van der Waals surface area (Å²) < 4.78 is 5.27. The first kappa shape index (κ1) is 12.3. The molecule has 0 bridgehead atoms. The minimum absolute atomic E-state index is 0.0264. The first-order valence-corrected chi connectivity index (χ1v) is 5.93. The Labute approximate surface area is 101 Å². The molecule has 0 aromatic rings. The number of hydrogen-bond donors (Lipinski definition) is 1. The van der Waals surface area contributed by atoms with Gasteiger partial charge in [-0.15, -0.1) is 0 Å². The number of amides is 2. The Morgan fingerprint density at radius 2 is 2.18 bits per heavy atom. The van der Waals surface area contributed by atoms with E-state index in [0.29, 0.717) is 19.1 Å². The zero-order valence-electron chi connectivity index (χ0n) is 10.1. The van der Waals surface area contributed by atoms with Gasteiger partial charge in [-0.25, -0.2) is 0 Å². The fraction of sp³-hybridized carbons (Fsp3) is 0.818. The van der Waals surface area contributed by atoms with Gasteiger partial charge >= 0.3 is 0 Å². The highest BCUT2D eigenvalue weighted by molar-refractivity contribution is 5.92. The topological polar surface area (TPSA) is 75.9 Å². The molecule has 0 spiro atoms. The Morgan fingerprint density at radius 1 is 1.41 bits per heavy atom. The fourth-order valence-corrected chi connectivity index (χ4v) is 2.22. The maximum Gasteiger partial charge on any atom is 0.242 e. The van der Waals surface area contributed by atoms with Gasteiger partial charge in [-0.1, -0.05) is 0 Å². The Kier molecular flexibility index (Phi) is 3.63. The highest BCUT2D eigenvalue weighted by Crippen LogP contribution is 2.16. The molecule has 17 heavy (non-hydrogen) atoms. The summed E-state index contributed by atoms with van der Waals surface area (Å²) >= 11 is 0. The smallest absolute Gasteiger partial charge is 0.242 e. The lowest BCUT2D eigenvalue weighted by Gasteiger charge is -2.34. The molecule has 6 nitrogen and oxygen atoms in total. The van der Waals surface area contributed by atoms with E-state index in [1.165, 1.54) is 4.90 Å². The molecule has 2 rings (SSSR count). The lowest BCUT2D eigenvalue weighted by Crippen LogP contribution is -2.55. The molecule has 2 aliphatic rings. The molecular weight excluding hydrogens is 222 g/mol. The molecule has 0 saturated carbocycles. The van der Waals surface area contributed by atoms with Gasteiger partial charge in [0.25, 0.3) is 0 Å². The van der Waals surface area contributed by atoms with Gasteiger partial charge in [0.15, 0.2) is 0 Å². The second-order valence-electron chi connectivity index (χ2n) is 4.81. The Bertz CT molecular complexity index is 315. The van der Waals surface area contributed by atoms with Crippen LogP contribution in [0.3, 0.4) is 0 Å². The summed E-state index contributed by atoms with van der Waals surface area (Å²) in [6.45, 7) is 2.17. The molecule has 96 valence electrons. The van der Waals surface area contributed by atoms with Gasteiger partial charge in [-0.3, -0.25) is 9.59 Å². The normalized spacial score (nSPS) is 27.8. The van der Waals surface area contributed by atoms with E-state index in [1.807, 2.05) is 0 Å². The summed E-state index contributed by atoms with van der Waals surface area (Å²) in [5.41, 5.74) is 6.05. The van der Waals surface area contributed by atoms with Crippen molar-refractivity contribution in [1.82, 2.24) is 9.80 Å². The number of carbonyl (C=O) groups is 2. The quantitative estimate of drug-likeness (QED) is 0.663. The molecule has 2 saturated heterocycles. The monoisotopic (exact) mass is 241 g/mol. The van der Waals surface area contributed by atoms with Crippen LogP contribution in [0.25, 0.3) is 0 Å². The predicted octanol–water partition coefficient (Wildman–Crippen LogP) is -1.35. The standard InChI is InChI=1S/C11H19N3O3/c1-13-5-11(16)14(6-10(13)15)4-9(12)8-2-3-17-7-8/h8-9H,2-7,12H2,1H3. The highest BCUT2D eigenvalue weighted by Gasteiger charge is 2.31. The van der Waals surface area contributed by atoms with Gasteiger partial charge in [0.05, 0.1) is 19.7 Å². The molecule has 0 aromatic carbocycles. The van der Waals surface area contributed by atoms with Gasteiger partial charge < -0.3 is 20.3 Å². The second kappa shape index (κ2) is 5.01. The van der Waals surface area contributed by atoms with Gasteiger partial charge in [-0.05, 0) is 6.42 Å². The maximum atomic E-state index is 11.7. The average molecular weight is 241 g/mol. The first-order valence-electron chi connectivity index (χ1n) is 5.93. The summed E-state index contributed by atoms with van der Waals surface area (Å²) in [6, 6.07) is -0.0994. The minimum Gasteiger partial charge on any atom is -0.381 e. The Morgan fingerprint density at radius 3 is 2.82 bits per heavy atom. The van der Waals surface area contributed by atoms with Gasteiger partial charge in [0.1, 0.15) is 0 Å². The van der Waals surface area contributed by atoms with E-state index in [2.05, 4.69) is 0 Å². The van der Waals surface area contributed by atoms with Crippen molar-refractivity contribution >= 4 is 11.8 Å². The van der Waals surface area contributed by atoms with Crippen molar-refractivity contribution in [3.8, 4) is 0 Å². The molecule has 2 heterocycles. The summed E-state index contributed by atoms with van der Waals surface area (Å²) in [6.07, 6.45) is 0.942. The number of ether oxygens (including phenoxy) is 1. The van der Waals surface area contributed by atoms with Crippen LogP contribution in [-0.2, 0) is 14.3 Å². The SMILES string of the molecule is CN1CC(=O)N(CC(N)C2CCOC2)CC1=O. The first-order chi connectivity index (χ1) is 8.08. The molecule has 0 aliphatic carbocycles. The van der Waals surface area contributed by atoms with E-state index in [9.17, 15) is 9.59 Å². The molecule has 2 unspecified atom stereocenters. The summed E-state index contributed by atoms with van der Waals surface area (Å²) in [5.74, 6) is 0.249. The second-order valence-corrected chi connectivity index (χ2v) is 4.81. The Hall–Kier alpha value is -1.14. The van der Waals surface area contributed by atoms with Crippen LogP contribution in [-0.4, -0.2) is 67.6 Å². The number of nitrogens with zero attached hydrogens (tertiary/aromatic N) is 2. The Balaban J connectivity index is 1.89. The van der Waals surface area contributed by atoms with Gasteiger partial charge in [0.2, 0.25) is 11.8 Å². The molecule has 0 aromatic heterocycles. The fourth-order valence-electron chi connectivity index (χ4n) is 2.22. The summed E-state index contributed by atoms with van der Waals surface area (Å²) in [7, 11) is 1.64. The third-order valence-corrected chi connectivity index (χ3v) is 3.48. The molecule has 2 amide bonds.